The molecule has 7 nitrogen and oxygen atoms in total. The number of amides is 1. The first-order valence-corrected chi connectivity index (χ1v) is 9.51. The molecule has 1 heterocycles. The summed E-state index contributed by atoms with van der Waals surface area (Å²) in [7, 11) is 5.52. The summed E-state index contributed by atoms with van der Waals surface area (Å²) < 4.78 is 11.4. The van der Waals surface area contributed by atoms with Gasteiger partial charge < -0.3 is 29.4 Å². The number of anilines is 1. The number of nitrogens with one attached hydrogen (secondary N) is 1. The number of hydrogen-bond acceptors (Lipinski definition) is 6. The molecule has 1 fully saturated rings. The molecule has 3 atom stereocenters. The van der Waals surface area contributed by atoms with Crippen molar-refractivity contribution in [1.29, 1.82) is 0 Å². The number of carbonyl (C=O) groups excluding carboxylic acids is 2. The van der Waals surface area contributed by atoms with Crippen LogP contribution in [0.2, 0.25) is 0 Å². The lowest BCUT2D eigenvalue weighted by molar-refractivity contribution is -0.139. The van der Waals surface area contributed by atoms with Gasteiger partial charge in [-0.15, -0.1) is 0 Å². The van der Waals surface area contributed by atoms with Crippen LogP contribution in [-0.4, -0.2) is 81.8 Å². The van der Waals surface area contributed by atoms with E-state index in [1.165, 1.54) is 0 Å². The SMILES string of the molecule is COC(Nc1cccc(C(C)C=O)c1)C1CN(C(=O)/C=C/CN(C)C)CCO1. The van der Waals surface area contributed by atoms with Crippen molar-refractivity contribution in [1.82, 2.24) is 9.80 Å². The van der Waals surface area contributed by atoms with E-state index in [1.54, 1.807) is 18.1 Å². The van der Waals surface area contributed by atoms with E-state index in [0.29, 0.717) is 19.7 Å². The highest BCUT2D eigenvalue weighted by atomic mass is 16.5. The Hall–Kier alpha value is -2.22. The van der Waals surface area contributed by atoms with E-state index in [-0.39, 0.29) is 17.9 Å². The molecule has 1 aromatic rings. The van der Waals surface area contributed by atoms with Gasteiger partial charge in [-0.05, 0) is 31.8 Å². The van der Waals surface area contributed by atoms with Gasteiger partial charge in [-0.25, -0.2) is 0 Å². The van der Waals surface area contributed by atoms with E-state index in [2.05, 4.69) is 5.32 Å². The number of benzene rings is 1. The van der Waals surface area contributed by atoms with Crippen molar-refractivity contribution in [3.63, 3.8) is 0 Å². The van der Waals surface area contributed by atoms with Crippen molar-refractivity contribution in [3.05, 3.63) is 42.0 Å². The zero-order chi connectivity index (χ0) is 20.5. The van der Waals surface area contributed by atoms with Crippen LogP contribution in [0.1, 0.15) is 18.4 Å². The molecule has 1 saturated heterocycles. The third-order valence-electron chi connectivity index (χ3n) is 4.65. The molecule has 7 heteroatoms. The van der Waals surface area contributed by atoms with E-state index >= 15 is 0 Å². The molecular weight excluding hydrogens is 358 g/mol. The lowest BCUT2D eigenvalue weighted by Gasteiger charge is -2.36. The summed E-state index contributed by atoms with van der Waals surface area (Å²) in [6.07, 6.45) is 3.69. The van der Waals surface area contributed by atoms with Crippen molar-refractivity contribution in [2.24, 2.45) is 0 Å². The molecule has 1 aliphatic heterocycles. The summed E-state index contributed by atoms with van der Waals surface area (Å²) in [5.41, 5.74) is 1.78. The third kappa shape index (κ3) is 6.44. The zero-order valence-electron chi connectivity index (χ0n) is 17.1. The molecule has 1 N–H and O–H groups in total. The number of methoxy groups -OCH3 is 1. The smallest absolute Gasteiger partial charge is 0.246 e. The molecule has 0 saturated carbocycles. The molecule has 0 radical (unpaired) electrons. The molecule has 0 aromatic heterocycles. The van der Waals surface area contributed by atoms with Gasteiger partial charge in [0.25, 0.3) is 0 Å². The van der Waals surface area contributed by atoms with E-state index < -0.39 is 6.23 Å². The standard InChI is InChI=1S/C21H31N3O4/c1-16(15-25)17-7-5-8-18(13-17)22-21(27-4)19-14-24(11-12-28-19)20(26)9-6-10-23(2)3/h5-9,13,15-16,19,21-22H,10-12,14H2,1-4H3/b9-6+. The van der Waals surface area contributed by atoms with Crippen LogP contribution in [0.4, 0.5) is 5.69 Å². The minimum Gasteiger partial charge on any atom is -0.370 e. The van der Waals surface area contributed by atoms with Crippen LogP contribution < -0.4 is 5.32 Å². The third-order valence-corrected chi connectivity index (χ3v) is 4.65. The summed E-state index contributed by atoms with van der Waals surface area (Å²) in [5, 5.41) is 3.31. The largest absolute Gasteiger partial charge is 0.370 e. The van der Waals surface area contributed by atoms with Gasteiger partial charge >= 0.3 is 0 Å². The first kappa shape index (κ1) is 22.1. The van der Waals surface area contributed by atoms with Crippen LogP contribution >= 0.6 is 0 Å². The number of nitrogens with zero attached hydrogens (tertiary/aromatic N) is 2. The van der Waals surface area contributed by atoms with Gasteiger partial charge in [0, 0.05) is 37.9 Å². The highest BCUT2D eigenvalue weighted by molar-refractivity contribution is 5.87. The molecule has 1 aliphatic rings. The Labute approximate surface area is 167 Å². The van der Waals surface area contributed by atoms with E-state index in [1.807, 2.05) is 56.3 Å². The van der Waals surface area contributed by atoms with Gasteiger partial charge in [0.15, 0.2) is 6.23 Å². The van der Waals surface area contributed by atoms with Gasteiger partial charge in [-0.1, -0.05) is 25.1 Å². The monoisotopic (exact) mass is 389 g/mol. The van der Waals surface area contributed by atoms with Crippen LogP contribution in [-0.2, 0) is 19.1 Å². The predicted octanol–water partition coefficient (Wildman–Crippen LogP) is 1.72. The molecule has 2 rings (SSSR count). The van der Waals surface area contributed by atoms with Gasteiger partial charge in [-0.2, -0.15) is 0 Å². The number of rotatable bonds is 9. The van der Waals surface area contributed by atoms with E-state index in [4.69, 9.17) is 9.47 Å². The Morgan fingerprint density at radius 1 is 1.46 bits per heavy atom. The Morgan fingerprint density at radius 3 is 2.93 bits per heavy atom. The molecule has 0 aliphatic carbocycles. The summed E-state index contributed by atoms with van der Waals surface area (Å²) in [5.74, 6) is -0.192. The van der Waals surface area contributed by atoms with Crippen molar-refractivity contribution in [3.8, 4) is 0 Å². The maximum atomic E-state index is 12.4. The topological polar surface area (TPSA) is 71.1 Å². The van der Waals surface area contributed by atoms with Crippen LogP contribution in [0.15, 0.2) is 36.4 Å². The zero-order valence-corrected chi connectivity index (χ0v) is 17.1. The van der Waals surface area contributed by atoms with Gasteiger partial charge in [-0.3, -0.25) is 4.79 Å². The molecular formula is C21H31N3O4. The number of aldehydes is 1. The highest BCUT2D eigenvalue weighted by Gasteiger charge is 2.30. The minimum atomic E-state index is -0.414. The van der Waals surface area contributed by atoms with Crippen molar-refractivity contribution < 1.29 is 19.1 Å². The molecule has 0 bridgehead atoms. The van der Waals surface area contributed by atoms with Crippen LogP contribution in [0.3, 0.4) is 0 Å². The number of morpholine rings is 1. The Morgan fingerprint density at radius 2 is 2.25 bits per heavy atom. The Balaban J connectivity index is 2.00. The maximum Gasteiger partial charge on any atom is 0.246 e. The molecule has 1 amide bonds. The number of hydrogen-bond donors (Lipinski definition) is 1. The van der Waals surface area contributed by atoms with Crippen molar-refractivity contribution in [2.45, 2.75) is 25.2 Å². The Bertz CT molecular complexity index is 677. The molecule has 154 valence electrons. The first-order chi connectivity index (χ1) is 13.4. The second-order valence-electron chi connectivity index (χ2n) is 7.21. The fourth-order valence-corrected chi connectivity index (χ4v) is 2.99. The predicted molar refractivity (Wildman–Crippen MR) is 109 cm³/mol. The molecule has 3 unspecified atom stereocenters. The first-order valence-electron chi connectivity index (χ1n) is 9.51. The summed E-state index contributed by atoms with van der Waals surface area (Å²) in [4.78, 5) is 27.2. The fourth-order valence-electron chi connectivity index (χ4n) is 2.99. The lowest BCUT2D eigenvalue weighted by atomic mass is 10.0. The van der Waals surface area contributed by atoms with Gasteiger partial charge in [0.1, 0.15) is 12.4 Å². The summed E-state index contributed by atoms with van der Waals surface area (Å²) in [6.45, 7) is 4.04. The number of carbonyl (C=O) groups is 2. The van der Waals surface area contributed by atoms with E-state index in [0.717, 1.165) is 24.1 Å². The summed E-state index contributed by atoms with van der Waals surface area (Å²) >= 11 is 0. The summed E-state index contributed by atoms with van der Waals surface area (Å²) in [6, 6.07) is 7.67. The quantitative estimate of drug-likeness (QED) is 0.394. The Kier molecular flexibility index (Phi) is 8.63. The van der Waals surface area contributed by atoms with Crippen LogP contribution in [0.25, 0.3) is 0 Å². The van der Waals surface area contributed by atoms with Crippen LogP contribution in [0, 0.1) is 0 Å². The van der Waals surface area contributed by atoms with E-state index in [9.17, 15) is 9.59 Å². The van der Waals surface area contributed by atoms with Crippen molar-refractivity contribution in [2.75, 3.05) is 52.8 Å². The number of likely N-dealkylation sites (N-methyl/N-ethyl adjacent to an activating group) is 1. The van der Waals surface area contributed by atoms with Gasteiger partial charge in [0.05, 0.1) is 13.2 Å². The van der Waals surface area contributed by atoms with Crippen molar-refractivity contribution >= 4 is 17.9 Å². The highest BCUT2D eigenvalue weighted by Crippen LogP contribution is 2.20. The molecule has 28 heavy (non-hydrogen) atoms. The number of ether oxygens (including phenoxy) is 2. The fraction of sp³-hybridized carbons (Fsp3) is 0.524. The van der Waals surface area contributed by atoms with Crippen LogP contribution in [0.5, 0.6) is 0 Å². The average molecular weight is 389 g/mol. The van der Waals surface area contributed by atoms with Gasteiger partial charge in [0.2, 0.25) is 5.91 Å². The maximum absolute atomic E-state index is 12.4. The second-order valence-corrected chi connectivity index (χ2v) is 7.21. The molecule has 0 spiro atoms. The molecule has 1 aromatic carbocycles. The minimum absolute atomic E-state index is 0.0215. The lowest BCUT2D eigenvalue weighted by Crippen LogP contribution is -2.52. The average Bonchev–Trinajstić information content (AvgIpc) is 2.71. The second kappa shape index (κ2) is 10.9. The normalized spacial score (nSPS) is 19.6.